The van der Waals surface area contributed by atoms with Gasteiger partial charge in [-0.3, -0.25) is 19.4 Å². The molecule has 1 heterocycles. The van der Waals surface area contributed by atoms with Gasteiger partial charge in [-0.15, -0.1) is 0 Å². The van der Waals surface area contributed by atoms with Crippen molar-refractivity contribution in [1.29, 1.82) is 0 Å². The molecule has 1 aliphatic rings. The van der Waals surface area contributed by atoms with E-state index >= 15 is 0 Å². The average molecular weight is 411 g/mol. The molecule has 0 aromatic heterocycles. The number of nitrogens with zero attached hydrogens (tertiary/aromatic N) is 2. The molecule has 2 amide bonds. The zero-order valence-electron chi connectivity index (χ0n) is 15.0. The lowest BCUT2D eigenvalue weighted by Crippen LogP contribution is -2.51. The van der Waals surface area contributed by atoms with E-state index in [-0.39, 0.29) is 11.8 Å². The number of aryl methyl sites for hydroxylation is 1. The van der Waals surface area contributed by atoms with E-state index in [1.165, 1.54) is 0 Å². The van der Waals surface area contributed by atoms with Gasteiger partial charge in [-0.05, 0) is 47.0 Å². The van der Waals surface area contributed by atoms with Crippen LogP contribution >= 0.6 is 15.9 Å². The Kier molecular flexibility index (Phi) is 7.87. The Bertz CT molecular complexity index is 601. The van der Waals surface area contributed by atoms with Crippen LogP contribution in [0.2, 0.25) is 0 Å². The molecule has 0 spiro atoms. The fourth-order valence-electron chi connectivity index (χ4n) is 2.74. The molecule has 1 aromatic rings. The van der Waals surface area contributed by atoms with Gasteiger partial charge in [0.05, 0.1) is 18.8 Å². The molecular weight excluding hydrogens is 384 g/mol. The third-order valence-corrected chi connectivity index (χ3v) is 4.83. The summed E-state index contributed by atoms with van der Waals surface area (Å²) in [6.45, 7) is 8.80. The van der Waals surface area contributed by atoms with Crippen LogP contribution in [0.4, 0.5) is 5.69 Å². The van der Waals surface area contributed by atoms with Crippen LogP contribution in [-0.4, -0.2) is 67.4 Å². The summed E-state index contributed by atoms with van der Waals surface area (Å²) >= 11 is 3.48. The third kappa shape index (κ3) is 6.76. The number of piperazine rings is 1. The Hall–Kier alpha value is -1.44. The van der Waals surface area contributed by atoms with E-state index in [1.54, 1.807) is 0 Å². The van der Waals surface area contributed by atoms with Crippen LogP contribution in [0.15, 0.2) is 22.7 Å². The number of anilines is 1. The molecule has 0 saturated carbocycles. The maximum Gasteiger partial charge on any atom is 0.238 e. The first-order chi connectivity index (χ1) is 12.0. The molecule has 2 N–H and O–H groups in total. The van der Waals surface area contributed by atoms with Crippen LogP contribution < -0.4 is 10.6 Å². The van der Waals surface area contributed by atoms with E-state index in [0.29, 0.717) is 13.1 Å². The van der Waals surface area contributed by atoms with E-state index in [1.807, 2.05) is 32.0 Å². The summed E-state index contributed by atoms with van der Waals surface area (Å²) < 4.78 is 0.892. The average Bonchev–Trinajstić information content (AvgIpc) is 2.57. The lowest BCUT2D eigenvalue weighted by atomic mass is 10.2. The molecule has 138 valence electrons. The van der Waals surface area contributed by atoms with Gasteiger partial charge in [0.2, 0.25) is 11.8 Å². The van der Waals surface area contributed by atoms with Crippen LogP contribution in [0, 0.1) is 6.92 Å². The molecule has 25 heavy (non-hydrogen) atoms. The molecule has 0 aliphatic carbocycles. The largest absolute Gasteiger partial charge is 0.355 e. The number of benzene rings is 1. The van der Waals surface area contributed by atoms with Gasteiger partial charge in [0, 0.05) is 37.2 Å². The van der Waals surface area contributed by atoms with Crippen LogP contribution in [-0.2, 0) is 9.59 Å². The van der Waals surface area contributed by atoms with E-state index in [2.05, 4.69) is 36.4 Å². The summed E-state index contributed by atoms with van der Waals surface area (Å²) in [6, 6.07) is 5.87. The fraction of sp³-hybridized carbons (Fsp3) is 0.556. The van der Waals surface area contributed by atoms with Gasteiger partial charge in [-0.2, -0.15) is 0 Å². The van der Waals surface area contributed by atoms with Crippen LogP contribution in [0.1, 0.15) is 18.9 Å². The van der Waals surface area contributed by atoms with Gasteiger partial charge in [-0.1, -0.05) is 13.0 Å². The lowest BCUT2D eigenvalue weighted by molar-refractivity contribution is -0.123. The summed E-state index contributed by atoms with van der Waals surface area (Å²) in [5.74, 6) is 0.0657. The molecule has 2 rings (SSSR count). The van der Waals surface area contributed by atoms with E-state index in [9.17, 15) is 9.59 Å². The Balaban J connectivity index is 1.72. The zero-order valence-corrected chi connectivity index (χ0v) is 16.6. The summed E-state index contributed by atoms with van der Waals surface area (Å²) in [5.41, 5.74) is 1.94. The quantitative estimate of drug-likeness (QED) is 0.719. The predicted octanol–water partition coefficient (Wildman–Crippen LogP) is 1.84. The van der Waals surface area contributed by atoms with Crippen LogP contribution in [0.25, 0.3) is 0 Å². The summed E-state index contributed by atoms with van der Waals surface area (Å²) in [6.07, 6.45) is 0.950. The molecule has 1 aromatic carbocycles. The Morgan fingerprint density at radius 2 is 1.68 bits per heavy atom. The topological polar surface area (TPSA) is 64.7 Å². The van der Waals surface area contributed by atoms with Crippen molar-refractivity contribution < 1.29 is 9.59 Å². The minimum Gasteiger partial charge on any atom is -0.355 e. The Morgan fingerprint density at radius 3 is 2.24 bits per heavy atom. The van der Waals surface area contributed by atoms with E-state index in [0.717, 1.165) is 54.9 Å². The highest BCUT2D eigenvalue weighted by Crippen LogP contribution is 2.23. The normalized spacial score (nSPS) is 15.8. The van der Waals surface area contributed by atoms with Crippen LogP contribution in [0.3, 0.4) is 0 Å². The molecule has 0 radical (unpaired) electrons. The second-order valence-corrected chi connectivity index (χ2v) is 7.29. The standard InChI is InChI=1S/C18H27BrN4O2/c1-3-6-20-17(24)12-22-7-9-23(10-8-22)13-18(25)21-16-5-4-14(2)11-15(16)19/h4-5,11H,3,6-10,12-13H2,1-2H3,(H,20,24)(H,21,25). The van der Waals surface area contributed by atoms with Gasteiger partial charge in [0.1, 0.15) is 0 Å². The fourth-order valence-corrected chi connectivity index (χ4v) is 3.34. The monoisotopic (exact) mass is 410 g/mol. The first-order valence-electron chi connectivity index (χ1n) is 8.75. The number of amides is 2. The Labute approximate surface area is 158 Å². The van der Waals surface area contributed by atoms with Crippen molar-refractivity contribution in [2.45, 2.75) is 20.3 Å². The number of carbonyl (C=O) groups excluding carboxylic acids is 2. The molecule has 1 fully saturated rings. The van der Waals surface area contributed by atoms with Crippen molar-refractivity contribution in [3.05, 3.63) is 28.2 Å². The maximum absolute atomic E-state index is 12.2. The van der Waals surface area contributed by atoms with E-state index in [4.69, 9.17) is 0 Å². The van der Waals surface area contributed by atoms with Gasteiger partial charge < -0.3 is 10.6 Å². The number of nitrogens with one attached hydrogen (secondary N) is 2. The maximum atomic E-state index is 12.2. The zero-order chi connectivity index (χ0) is 18.2. The molecule has 6 nitrogen and oxygen atoms in total. The second-order valence-electron chi connectivity index (χ2n) is 6.43. The molecule has 1 saturated heterocycles. The predicted molar refractivity (Wildman–Crippen MR) is 104 cm³/mol. The number of hydrogen-bond acceptors (Lipinski definition) is 4. The Morgan fingerprint density at radius 1 is 1.08 bits per heavy atom. The summed E-state index contributed by atoms with van der Waals surface area (Å²) in [4.78, 5) is 28.3. The highest BCUT2D eigenvalue weighted by molar-refractivity contribution is 9.10. The number of hydrogen-bond donors (Lipinski definition) is 2. The number of rotatable bonds is 7. The highest BCUT2D eigenvalue weighted by Gasteiger charge is 2.20. The van der Waals surface area contributed by atoms with Crippen molar-refractivity contribution in [2.24, 2.45) is 0 Å². The smallest absolute Gasteiger partial charge is 0.238 e. The summed E-state index contributed by atoms with van der Waals surface area (Å²) in [7, 11) is 0. The highest BCUT2D eigenvalue weighted by atomic mass is 79.9. The van der Waals surface area contributed by atoms with Gasteiger partial charge >= 0.3 is 0 Å². The minimum absolute atomic E-state index is 0.0151. The first kappa shape index (κ1) is 19.9. The van der Waals surface area contributed by atoms with Gasteiger partial charge in [0.25, 0.3) is 0 Å². The molecule has 7 heteroatoms. The SMILES string of the molecule is CCCNC(=O)CN1CCN(CC(=O)Nc2ccc(C)cc2Br)CC1. The van der Waals surface area contributed by atoms with Gasteiger partial charge in [0.15, 0.2) is 0 Å². The molecular formula is C18H27BrN4O2. The summed E-state index contributed by atoms with van der Waals surface area (Å²) in [5, 5.41) is 5.84. The second kappa shape index (κ2) is 9.89. The van der Waals surface area contributed by atoms with Gasteiger partial charge in [-0.25, -0.2) is 0 Å². The van der Waals surface area contributed by atoms with Crippen molar-refractivity contribution in [2.75, 3.05) is 51.1 Å². The lowest BCUT2D eigenvalue weighted by Gasteiger charge is -2.33. The molecule has 0 unspecified atom stereocenters. The third-order valence-electron chi connectivity index (χ3n) is 4.17. The molecule has 1 aliphatic heterocycles. The molecule has 0 atom stereocenters. The number of halogens is 1. The van der Waals surface area contributed by atoms with Crippen molar-refractivity contribution in [3.63, 3.8) is 0 Å². The van der Waals surface area contributed by atoms with Crippen LogP contribution in [0.5, 0.6) is 0 Å². The first-order valence-corrected chi connectivity index (χ1v) is 9.54. The minimum atomic E-state index is -0.0151. The number of carbonyl (C=O) groups is 2. The van der Waals surface area contributed by atoms with Crippen molar-refractivity contribution >= 4 is 33.4 Å². The van der Waals surface area contributed by atoms with E-state index < -0.39 is 0 Å². The molecule has 0 bridgehead atoms. The van der Waals surface area contributed by atoms with Crippen molar-refractivity contribution in [1.82, 2.24) is 15.1 Å². The van der Waals surface area contributed by atoms with Crippen molar-refractivity contribution in [3.8, 4) is 0 Å².